The number of fused-ring (bicyclic) bond motifs is 1. The fourth-order valence-electron chi connectivity index (χ4n) is 4.34. The molecule has 2 aromatic heterocycles. The zero-order valence-electron chi connectivity index (χ0n) is 19.3. The lowest BCUT2D eigenvalue weighted by molar-refractivity contribution is -0.0498. The highest BCUT2D eigenvalue weighted by Gasteiger charge is 2.19. The molecule has 1 fully saturated rings. The Kier molecular flexibility index (Phi) is 6.50. The Bertz CT molecular complexity index is 1330. The van der Waals surface area contributed by atoms with Gasteiger partial charge in [-0.05, 0) is 68.9 Å². The van der Waals surface area contributed by atoms with Crippen LogP contribution in [0, 0.1) is 0 Å². The van der Waals surface area contributed by atoms with Crippen LogP contribution in [0.1, 0.15) is 35.1 Å². The summed E-state index contributed by atoms with van der Waals surface area (Å²) in [4.78, 5) is 23.9. The fraction of sp³-hybridized carbons (Fsp3) is 0.308. The van der Waals surface area contributed by atoms with Crippen LogP contribution in [0.15, 0.2) is 61.1 Å². The Morgan fingerprint density at radius 2 is 1.86 bits per heavy atom. The van der Waals surface area contributed by atoms with Crippen LogP contribution in [0.4, 0.5) is 8.78 Å². The molecule has 1 aliphatic heterocycles. The van der Waals surface area contributed by atoms with Crippen molar-refractivity contribution in [2.45, 2.75) is 31.9 Å². The SMILES string of the molecule is CN1CCC(n2cc(-c3ccc4cnc(CC(=O)c5ccc(OC(F)F)cc5)nc4c3)cn2)CC1. The summed E-state index contributed by atoms with van der Waals surface area (Å²) >= 11 is 0. The van der Waals surface area contributed by atoms with Gasteiger partial charge >= 0.3 is 6.61 Å². The lowest BCUT2D eigenvalue weighted by atomic mass is 10.1. The van der Waals surface area contributed by atoms with Gasteiger partial charge in [-0.3, -0.25) is 9.48 Å². The Balaban J connectivity index is 1.32. The predicted molar refractivity (Wildman–Crippen MR) is 128 cm³/mol. The molecule has 0 N–H and O–H groups in total. The van der Waals surface area contributed by atoms with Crippen molar-refractivity contribution in [3.63, 3.8) is 0 Å². The number of hydrogen-bond acceptors (Lipinski definition) is 6. The lowest BCUT2D eigenvalue weighted by Gasteiger charge is -2.28. The number of ketones is 1. The quantitative estimate of drug-likeness (QED) is 0.357. The minimum atomic E-state index is -2.91. The van der Waals surface area contributed by atoms with Gasteiger partial charge in [0.2, 0.25) is 0 Å². The second-order valence-corrected chi connectivity index (χ2v) is 8.81. The Hall–Kier alpha value is -3.72. The Morgan fingerprint density at radius 3 is 2.60 bits per heavy atom. The highest BCUT2D eigenvalue weighted by atomic mass is 19.3. The molecular formula is C26H25F2N5O2. The summed E-state index contributed by atoms with van der Waals surface area (Å²) in [6.45, 7) is -0.764. The van der Waals surface area contributed by atoms with Gasteiger partial charge in [-0.2, -0.15) is 13.9 Å². The molecule has 7 nitrogen and oxygen atoms in total. The molecule has 3 heterocycles. The van der Waals surface area contributed by atoms with Crippen molar-refractivity contribution < 1.29 is 18.3 Å². The number of carbonyl (C=O) groups excluding carboxylic acids is 1. The predicted octanol–water partition coefficient (Wildman–Crippen LogP) is 4.79. The van der Waals surface area contributed by atoms with Gasteiger partial charge < -0.3 is 9.64 Å². The van der Waals surface area contributed by atoms with E-state index in [1.165, 1.54) is 24.3 Å². The first-order valence-corrected chi connectivity index (χ1v) is 11.5. The molecule has 1 saturated heterocycles. The topological polar surface area (TPSA) is 73.1 Å². The fourth-order valence-corrected chi connectivity index (χ4v) is 4.34. The standard InChI is InChI=1S/C26H25F2N5O2/c1-32-10-8-21(9-11-32)33-16-20(15-30-33)18-2-3-19-14-29-25(31-23(19)12-18)13-24(34)17-4-6-22(7-5-17)35-26(27)28/h2-7,12,14-16,21,26H,8-11,13H2,1H3. The van der Waals surface area contributed by atoms with Crippen LogP contribution in [-0.2, 0) is 6.42 Å². The second-order valence-electron chi connectivity index (χ2n) is 8.81. The molecule has 35 heavy (non-hydrogen) atoms. The van der Waals surface area contributed by atoms with E-state index in [0.29, 0.717) is 17.4 Å². The number of alkyl halides is 2. The summed E-state index contributed by atoms with van der Waals surface area (Å²) in [5.74, 6) is 0.197. The van der Waals surface area contributed by atoms with Crippen LogP contribution < -0.4 is 4.74 Å². The highest BCUT2D eigenvalue weighted by molar-refractivity contribution is 5.97. The molecule has 0 atom stereocenters. The van der Waals surface area contributed by atoms with Crippen molar-refractivity contribution in [1.29, 1.82) is 0 Å². The minimum Gasteiger partial charge on any atom is -0.435 e. The molecule has 0 radical (unpaired) electrons. The van der Waals surface area contributed by atoms with E-state index in [4.69, 9.17) is 0 Å². The zero-order valence-corrected chi connectivity index (χ0v) is 19.3. The zero-order chi connectivity index (χ0) is 24.4. The van der Waals surface area contributed by atoms with Crippen LogP contribution in [0.25, 0.3) is 22.0 Å². The van der Waals surface area contributed by atoms with E-state index < -0.39 is 6.61 Å². The Labute approximate surface area is 201 Å². The molecule has 0 bridgehead atoms. The lowest BCUT2D eigenvalue weighted by Crippen LogP contribution is -2.31. The number of rotatable bonds is 7. The van der Waals surface area contributed by atoms with Crippen molar-refractivity contribution in [3.8, 4) is 16.9 Å². The maximum Gasteiger partial charge on any atom is 0.387 e. The number of halogens is 2. The molecule has 1 aliphatic rings. The number of hydrogen-bond donors (Lipinski definition) is 0. The van der Waals surface area contributed by atoms with Crippen LogP contribution in [0.3, 0.4) is 0 Å². The molecular weight excluding hydrogens is 452 g/mol. The van der Waals surface area contributed by atoms with Gasteiger partial charge in [-0.1, -0.05) is 12.1 Å². The summed E-state index contributed by atoms with van der Waals surface area (Å²) in [6.07, 6.45) is 7.85. The van der Waals surface area contributed by atoms with Crippen molar-refractivity contribution >= 4 is 16.7 Å². The third kappa shape index (κ3) is 5.35. The smallest absolute Gasteiger partial charge is 0.387 e. The number of likely N-dealkylation sites (tertiary alicyclic amines) is 1. The molecule has 0 unspecified atom stereocenters. The first-order valence-electron chi connectivity index (χ1n) is 11.5. The molecule has 2 aromatic carbocycles. The van der Waals surface area contributed by atoms with E-state index in [2.05, 4.69) is 42.6 Å². The van der Waals surface area contributed by atoms with Gasteiger partial charge in [-0.25, -0.2) is 9.97 Å². The normalized spacial score (nSPS) is 15.1. The number of aromatic nitrogens is 4. The minimum absolute atomic E-state index is 0.00325. The molecule has 0 saturated carbocycles. The third-order valence-electron chi connectivity index (χ3n) is 6.35. The molecule has 180 valence electrons. The first kappa shape index (κ1) is 23.0. The van der Waals surface area contributed by atoms with E-state index in [0.717, 1.165) is 48.0 Å². The summed E-state index contributed by atoms with van der Waals surface area (Å²) in [7, 11) is 2.14. The van der Waals surface area contributed by atoms with E-state index in [9.17, 15) is 13.6 Å². The second kappa shape index (κ2) is 9.87. The van der Waals surface area contributed by atoms with Crippen LogP contribution in [-0.4, -0.2) is 57.2 Å². The van der Waals surface area contributed by atoms with Gasteiger partial charge in [0.25, 0.3) is 0 Å². The molecule has 5 rings (SSSR count). The van der Waals surface area contributed by atoms with Gasteiger partial charge in [-0.15, -0.1) is 0 Å². The van der Waals surface area contributed by atoms with Crippen molar-refractivity contribution in [2.24, 2.45) is 0 Å². The highest BCUT2D eigenvalue weighted by Crippen LogP contribution is 2.27. The van der Waals surface area contributed by atoms with Crippen molar-refractivity contribution in [1.82, 2.24) is 24.6 Å². The van der Waals surface area contributed by atoms with Crippen LogP contribution in [0.5, 0.6) is 5.75 Å². The van der Waals surface area contributed by atoms with Gasteiger partial charge in [0, 0.05) is 28.9 Å². The van der Waals surface area contributed by atoms with Crippen LogP contribution in [0.2, 0.25) is 0 Å². The summed E-state index contributed by atoms with van der Waals surface area (Å²) in [5, 5.41) is 5.48. The van der Waals surface area contributed by atoms with E-state index in [-0.39, 0.29) is 18.0 Å². The van der Waals surface area contributed by atoms with Crippen LogP contribution >= 0.6 is 0 Å². The largest absolute Gasteiger partial charge is 0.435 e. The molecule has 0 amide bonds. The first-order chi connectivity index (χ1) is 16.9. The number of ether oxygens (including phenoxy) is 1. The number of piperidine rings is 1. The summed E-state index contributed by atoms with van der Waals surface area (Å²) < 4.78 is 31.0. The molecule has 0 spiro atoms. The maximum atomic E-state index is 12.7. The van der Waals surface area contributed by atoms with Crippen molar-refractivity contribution in [3.05, 3.63) is 72.4 Å². The number of carbonyl (C=O) groups is 1. The van der Waals surface area contributed by atoms with E-state index >= 15 is 0 Å². The van der Waals surface area contributed by atoms with E-state index in [1.807, 2.05) is 24.4 Å². The third-order valence-corrected chi connectivity index (χ3v) is 6.35. The molecule has 4 aromatic rings. The van der Waals surface area contributed by atoms with Gasteiger partial charge in [0.05, 0.1) is 24.2 Å². The number of Topliss-reactive ketones (excluding diaryl/α,β-unsaturated/α-hetero) is 1. The average molecular weight is 478 g/mol. The monoisotopic (exact) mass is 477 g/mol. The number of benzene rings is 2. The van der Waals surface area contributed by atoms with E-state index in [1.54, 1.807) is 6.20 Å². The molecule has 0 aliphatic carbocycles. The van der Waals surface area contributed by atoms with Gasteiger partial charge in [0.15, 0.2) is 5.78 Å². The Morgan fingerprint density at radius 1 is 1.09 bits per heavy atom. The summed E-state index contributed by atoms with van der Waals surface area (Å²) in [5.41, 5.74) is 3.15. The van der Waals surface area contributed by atoms with Crippen molar-refractivity contribution in [2.75, 3.05) is 20.1 Å². The summed E-state index contributed by atoms with van der Waals surface area (Å²) in [6, 6.07) is 12.0. The molecule has 9 heteroatoms. The maximum absolute atomic E-state index is 12.7. The van der Waals surface area contributed by atoms with Gasteiger partial charge in [0.1, 0.15) is 11.6 Å². The average Bonchev–Trinajstić information content (AvgIpc) is 3.34. The number of nitrogens with zero attached hydrogens (tertiary/aromatic N) is 5.